The number of aryl methyl sites for hydroxylation is 2. The summed E-state index contributed by atoms with van der Waals surface area (Å²) in [7, 11) is 0. The molecule has 0 amide bonds. The van der Waals surface area contributed by atoms with E-state index in [4.69, 9.17) is 0 Å². The highest BCUT2D eigenvalue weighted by molar-refractivity contribution is 7.11. The van der Waals surface area contributed by atoms with Gasteiger partial charge in [-0.15, -0.1) is 11.3 Å². The molecule has 20 heavy (non-hydrogen) atoms. The molecule has 0 aromatic carbocycles. The lowest BCUT2D eigenvalue weighted by Crippen LogP contribution is -2.19. The first kappa shape index (κ1) is 17.6. The summed E-state index contributed by atoms with van der Waals surface area (Å²) in [6, 6.07) is 0.450. The third-order valence-corrected chi connectivity index (χ3v) is 5.07. The zero-order valence-electron chi connectivity index (χ0n) is 13.8. The maximum atomic E-state index is 4.50. The second-order valence-corrected chi connectivity index (χ2v) is 7.07. The fraction of sp³-hybridized carbons (Fsp3) is 0.824. The van der Waals surface area contributed by atoms with Crippen molar-refractivity contribution in [3.05, 3.63) is 15.6 Å². The Kier molecular flexibility index (Phi) is 9.12. The zero-order chi connectivity index (χ0) is 14.8. The van der Waals surface area contributed by atoms with Gasteiger partial charge in [0.2, 0.25) is 0 Å². The molecule has 0 radical (unpaired) electrons. The normalized spacial score (nSPS) is 12.8. The molecule has 1 heterocycles. The highest BCUT2D eigenvalue weighted by Gasteiger charge is 2.11. The number of unbranched alkanes of at least 4 members (excludes halogenated alkanes) is 7. The Morgan fingerprint density at radius 1 is 1.00 bits per heavy atom. The molecular weight excluding hydrogens is 264 g/mol. The number of hydrogen-bond acceptors (Lipinski definition) is 3. The van der Waals surface area contributed by atoms with E-state index in [0.29, 0.717) is 6.04 Å². The predicted octanol–water partition coefficient (Wildman–Crippen LogP) is 5.55. The van der Waals surface area contributed by atoms with Crippen LogP contribution in [0.5, 0.6) is 0 Å². The van der Waals surface area contributed by atoms with E-state index < -0.39 is 0 Å². The van der Waals surface area contributed by atoms with Crippen molar-refractivity contribution in [1.82, 2.24) is 10.3 Å². The molecule has 1 unspecified atom stereocenters. The molecule has 1 aromatic heterocycles. The van der Waals surface area contributed by atoms with Gasteiger partial charge in [0.1, 0.15) is 0 Å². The lowest BCUT2D eigenvalue weighted by Gasteiger charge is -2.12. The van der Waals surface area contributed by atoms with Crippen molar-refractivity contribution in [2.75, 3.05) is 6.54 Å². The Morgan fingerprint density at radius 3 is 2.15 bits per heavy atom. The molecule has 0 aliphatic heterocycles. The van der Waals surface area contributed by atoms with Gasteiger partial charge < -0.3 is 5.32 Å². The minimum atomic E-state index is 0.450. The SMILES string of the molecule is CCCCCCCCCCNC(C)c1sc(C)nc1C. The van der Waals surface area contributed by atoms with Crippen LogP contribution >= 0.6 is 11.3 Å². The summed E-state index contributed by atoms with van der Waals surface area (Å²) in [6.07, 6.45) is 11.1. The van der Waals surface area contributed by atoms with Crippen molar-refractivity contribution < 1.29 is 0 Å². The Balaban J connectivity index is 2.02. The van der Waals surface area contributed by atoms with E-state index in [0.717, 1.165) is 6.54 Å². The van der Waals surface area contributed by atoms with Crippen molar-refractivity contribution in [1.29, 1.82) is 0 Å². The Morgan fingerprint density at radius 2 is 1.60 bits per heavy atom. The minimum Gasteiger partial charge on any atom is -0.309 e. The molecule has 0 fully saturated rings. The van der Waals surface area contributed by atoms with Crippen molar-refractivity contribution in [3.63, 3.8) is 0 Å². The molecule has 0 aliphatic rings. The molecule has 0 saturated heterocycles. The minimum absolute atomic E-state index is 0.450. The number of rotatable bonds is 11. The van der Waals surface area contributed by atoms with Crippen LogP contribution in [0.3, 0.4) is 0 Å². The van der Waals surface area contributed by atoms with E-state index in [2.05, 4.69) is 38.0 Å². The molecule has 3 heteroatoms. The molecule has 2 nitrogen and oxygen atoms in total. The van der Waals surface area contributed by atoms with E-state index >= 15 is 0 Å². The molecule has 1 N–H and O–H groups in total. The smallest absolute Gasteiger partial charge is 0.0900 e. The standard InChI is InChI=1S/C17H32N2S/c1-5-6-7-8-9-10-11-12-13-18-14(2)17-15(3)19-16(4)20-17/h14,18H,5-13H2,1-4H3. The van der Waals surface area contributed by atoms with E-state index in [1.54, 1.807) is 0 Å². The number of nitrogens with one attached hydrogen (secondary N) is 1. The van der Waals surface area contributed by atoms with Crippen LogP contribution in [0.4, 0.5) is 0 Å². The molecule has 0 saturated carbocycles. The third kappa shape index (κ3) is 6.85. The number of aromatic nitrogens is 1. The van der Waals surface area contributed by atoms with Gasteiger partial charge in [0.25, 0.3) is 0 Å². The van der Waals surface area contributed by atoms with Gasteiger partial charge >= 0.3 is 0 Å². The van der Waals surface area contributed by atoms with E-state index in [1.807, 2.05) is 11.3 Å². The quantitative estimate of drug-likeness (QED) is 0.541. The van der Waals surface area contributed by atoms with Crippen LogP contribution in [0.1, 0.15) is 86.8 Å². The fourth-order valence-corrected chi connectivity index (χ4v) is 3.57. The highest BCUT2D eigenvalue weighted by atomic mass is 32.1. The molecule has 1 atom stereocenters. The topological polar surface area (TPSA) is 24.9 Å². The van der Waals surface area contributed by atoms with Crippen molar-refractivity contribution in [2.45, 2.75) is 85.1 Å². The molecule has 1 aromatic rings. The summed E-state index contributed by atoms with van der Waals surface area (Å²) in [4.78, 5) is 5.91. The first-order chi connectivity index (χ1) is 9.65. The van der Waals surface area contributed by atoms with Crippen molar-refractivity contribution >= 4 is 11.3 Å². The van der Waals surface area contributed by atoms with Crippen molar-refractivity contribution in [2.24, 2.45) is 0 Å². The average molecular weight is 297 g/mol. The molecule has 0 aliphatic carbocycles. The maximum absolute atomic E-state index is 4.50. The van der Waals surface area contributed by atoms with Crippen molar-refractivity contribution in [3.8, 4) is 0 Å². The predicted molar refractivity (Wildman–Crippen MR) is 90.6 cm³/mol. The van der Waals surface area contributed by atoms with Crippen LogP contribution < -0.4 is 5.32 Å². The third-order valence-electron chi connectivity index (χ3n) is 3.81. The summed E-state index contributed by atoms with van der Waals surface area (Å²) < 4.78 is 0. The largest absolute Gasteiger partial charge is 0.309 e. The van der Waals surface area contributed by atoms with Gasteiger partial charge in [-0.25, -0.2) is 4.98 Å². The van der Waals surface area contributed by atoms with E-state index in [9.17, 15) is 0 Å². The lowest BCUT2D eigenvalue weighted by atomic mass is 10.1. The Hall–Kier alpha value is -0.410. The summed E-state index contributed by atoms with van der Waals surface area (Å²) in [6.45, 7) is 9.87. The van der Waals surface area contributed by atoms with Gasteiger partial charge in [0.05, 0.1) is 10.7 Å². The Bertz CT molecular complexity index is 360. The van der Waals surface area contributed by atoms with Crippen LogP contribution in [-0.4, -0.2) is 11.5 Å². The lowest BCUT2D eigenvalue weighted by molar-refractivity contribution is 0.524. The highest BCUT2D eigenvalue weighted by Crippen LogP contribution is 2.24. The number of hydrogen-bond donors (Lipinski definition) is 1. The van der Waals surface area contributed by atoms with Gasteiger partial charge in [-0.2, -0.15) is 0 Å². The maximum Gasteiger partial charge on any atom is 0.0900 e. The monoisotopic (exact) mass is 296 g/mol. The first-order valence-electron chi connectivity index (χ1n) is 8.32. The van der Waals surface area contributed by atoms with Crippen LogP contribution in [0.15, 0.2) is 0 Å². The summed E-state index contributed by atoms with van der Waals surface area (Å²) in [5.41, 5.74) is 1.20. The van der Waals surface area contributed by atoms with Crippen LogP contribution in [0.25, 0.3) is 0 Å². The first-order valence-corrected chi connectivity index (χ1v) is 9.14. The number of thiazole rings is 1. The van der Waals surface area contributed by atoms with Gasteiger partial charge in [0.15, 0.2) is 0 Å². The van der Waals surface area contributed by atoms with E-state index in [-0.39, 0.29) is 0 Å². The zero-order valence-corrected chi connectivity index (χ0v) is 14.6. The Labute approximate surface area is 129 Å². The molecule has 1 rings (SSSR count). The summed E-state index contributed by atoms with van der Waals surface area (Å²) in [5.74, 6) is 0. The molecule has 0 bridgehead atoms. The van der Waals surface area contributed by atoms with Crippen LogP contribution in [0.2, 0.25) is 0 Å². The van der Waals surface area contributed by atoms with Gasteiger partial charge in [-0.1, -0.05) is 51.9 Å². The fourth-order valence-electron chi connectivity index (χ4n) is 2.62. The second-order valence-electron chi connectivity index (χ2n) is 5.83. The molecular formula is C17H32N2S. The van der Waals surface area contributed by atoms with Gasteiger partial charge in [0, 0.05) is 10.9 Å². The van der Waals surface area contributed by atoms with Crippen LogP contribution in [-0.2, 0) is 0 Å². The summed E-state index contributed by atoms with van der Waals surface area (Å²) >= 11 is 1.83. The number of nitrogens with zero attached hydrogens (tertiary/aromatic N) is 1. The van der Waals surface area contributed by atoms with E-state index in [1.165, 1.54) is 66.9 Å². The molecule has 0 spiro atoms. The molecule has 116 valence electrons. The van der Waals surface area contributed by atoms with Gasteiger partial charge in [-0.05, 0) is 33.7 Å². The average Bonchev–Trinajstić information content (AvgIpc) is 2.75. The second kappa shape index (κ2) is 10.3. The summed E-state index contributed by atoms with van der Waals surface area (Å²) in [5, 5.41) is 4.81. The van der Waals surface area contributed by atoms with Crippen LogP contribution in [0, 0.1) is 13.8 Å². The van der Waals surface area contributed by atoms with Gasteiger partial charge in [-0.3, -0.25) is 0 Å².